The average Bonchev–Trinajstić information content (AvgIpc) is 2.99. The van der Waals surface area contributed by atoms with Crippen LogP contribution in [0.5, 0.6) is 0 Å². The van der Waals surface area contributed by atoms with Crippen LogP contribution < -0.4 is 4.57 Å². The van der Waals surface area contributed by atoms with Crippen molar-refractivity contribution in [3.8, 4) is 0 Å². The van der Waals surface area contributed by atoms with E-state index >= 15 is 0 Å². The quantitative estimate of drug-likeness (QED) is 0.332. The molecule has 0 aliphatic rings. The highest BCUT2D eigenvalue weighted by Crippen LogP contribution is 2.17. The van der Waals surface area contributed by atoms with Gasteiger partial charge in [-0.3, -0.25) is 0 Å². The van der Waals surface area contributed by atoms with E-state index in [-0.39, 0.29) is 6.54 Å². The Kier molecular flexibility index (Phi) is 11.2. The van der Waals surface area contributed by atoms with E-state index in [1.165, 1.54) is 57.8 Å². The van der Waals surface area contributed by atoms with Crippen LogP contribution in [-0.2, 0) is 11.3 Å². The predicted molar refractivity (Wildman–Crippen MR) is 94.7 cm³/mol. The summed E-state index contributed by atoms with van der Waals surface area (Å²) in [5.41, 5.74) is 0. The molecular formula is C19H35N2O3+. The van der Waals surface area contributed by atoms with E-state index in [1.54, 1.807) is 17.0 Å². The predicted octanol–water partition coefficient (Wildman–Crippen LogP) is 4.12. The molecule has 1 heterocycles. The summed E-state index contributed by atoms with van der Waals surface area (Å²) in [7, 11) is 0. The zero-order valence-electron chi connectivity index (χ0n) is 15.2. The van der Waals surface area contributed by atoms with Crippen LogP contribution in [0.4, 0.5) is 0 Å². The maximum Gasteiger partial charge on any atom is 0.346 e. The second-order valence-corrected chi connectivity index (χ2v) is 6.71. The van der Waals surface area contributed by atoms with Gasteiger partial charge < -0.3 is 10.2 Å². The maximum absolute atomic E-state index is 10.8. The van der Waals surface area contributed by atoms with Gasteiger partial charge in [-0.25, -0.2) is 14.3 Å². The van der Waals surface area contributed by atoms with Gasteiger partial charge in [0.25, 0.3) is 5.82 Å². The van der Waals surface area contributed by atoms with Gasteiger partial charge in [-0.1, -0.05) is 77.6 Å². The molecule has 0 saturated carbocycles. The van der Waals surface area contributed by atoms with Crippen LogP contribution in [0.3, 0.4) is 0 Å². The van der Waals surface area contributed by atoms with E-state index in [0.29, 0.717) is 12.2 Å². The van der Waals surface area contributed by atoms with Gasteiger partial charge in [0.2, 0.25) is 0 Å². The Labute approximate surface area is 146 Å². The monoisotopic (exact) mass is 339 g/mol. The van der Waals surface area contributed by atoms with Gasteiger partial charge >= 0.3 is 5.97 Å². The number of unbranched alkanes of at least 4 members (excludes halogenated alkanes) is 10. The minimum Gasteiger partial charge on any atom is -0.478 e. The average molecular weight is 340 g/mol. The number of nitrogens with one attached hydrogen (secondary N) is 1. The molecule has 0 spiro atoms. The number of H-pyrrole nitrogens is 1. The molecule has 0 saturated heterocycles. The van der Waals surface area contributed by atoms with Crippen molar-refractivity contribution < 1.29 is 19.6 Å². The van der Waals surface area contributed by atoms with Gasteiger partial charge in [0.05, 0.1) is 0 Å². The first-order valence-corrected chi connectivity index (χ1v) is 9.61. The summed E-state index contributed by atoms with van der Waals surface area (Å²) in [6.45, 7) is 2.13. The Morgan fingerprint density at radius 1 is 1.04 bits per heavy atom. The molecule has 0 bridgehead atoms. The van der Waals surface area contributed by atoms with Gasteiger partial charge in [-0.2, -0.15) is 0 Å². The van der Waals surface area contributed by atoms with Gasteiger partial charge in [0, 0.05) is 0 Å². The number of aliphatic hydroxyl groups excluding tert-OH is 1. The topological polar surface area (TPSA) is 77.2 Å². The fourth-order valence-corrected chi connectivity index (χ4v) is 3.09. The molecule has 1 unspecified atom stereocenters. The molecule has 1 aromatic rings. The van der Waals surface area contributed by atoms with Crippen LogP contribution in [0.1, 0.15) is 95.9 Å². The van der Waals surface area contributed by atoms with Gasteiger partial charge in [0.1, 0.15) is 12.4 Å². The van der Waals surface area contributed by atoms with Crippen molar-refractivity contribution in [2.45, 2.75) is 96.6 Å². The van der Waals surface area contributed by atoms with Crippen LogP contribution in [0.2, 0.25) is 0 Å². The van der Waals surface area contributed by atoms with Gasteiger partial charge in [0.15, 0.2) is 12.6 Å². The molecule has 1 rings (SSSR count). The second kappa shape index (κ2) is 13.0. The molecule has 0 aliphatic carbocycles. The summed E-state index contributed by atoms with van der Waals surface area (Å²) in [6.07, 6.45) is 17.5. The lowest BCUT2D eigenvalue weighted by atomic mass is 10.0. The number of imidazole rings is 1. The Balaban J connectivity index is 2.03. The summed E-state index contributed by atoms with van der Waals surface area (Å²) in [4.78, 5) is 13.7. The van der Waals surface area contributed by atoms with Crippen LogP contribution >= 0.6 is 0 Å². The van der Waals surface area contributed by atoms with E-state index in [1.807, 2.05) is 0 Å². The van der Waals surface area contributed by atoms with E-state index in [9.17, 15) is 9.90 Å². The lowest BCUT2D eigenvalue weighted by Gasteiger charge is -2.07. The zero-order chi connectivity index (χ0) is 17.6. The summed E-state index contributed by atoms with van der Waals surface area (Å²) in [5.74, 6) is -0.313. The molecule has 138 valence electrons. The lowest BCUT2D eigenvalue weighted by Crippen LogP contribution is -2.41. The number of carboxylic acids is 1. The van der Waals surface area contributed by atoms with E-state index < -0.39 is 12.1 Å². The summed E-state index contributed by atoms with van der Waals surface area (Å²) in [6, 6.07) is 0. The SMILES string of the molecule is CCCCCCCCCCCCCC(O)c1[nH]cc[n+]1CC(=O)O. The van der Waals surface area contributed by atoms with Crippen molar-refractivity contribution in [1.29, 1.82) is 0 Å². The highest BCUT2D eigenvalue weighted by Gasteiger charge is 2.21. The van der Waals surface area contributed by atoms with Crippen molar-refractivity contribution in [3.63, 3.8) is 0 Å². The molecule has 0 radical (unpaired) electrons. The minimum atomic E-state index is -0.900. The molecule has 5 heteroatoms. The normalized spacial score (nSPS) is 12.4. The van der Waals surface area contributed by atoms with Crippen molar-refractivity contribution in [2.75, 3.05) is 0 Å². The molecule has 0 aliphatic heterocycles. The first kappa shape index (κ1) is 20.7. The van der Waals surface area contributed by atoms with Crippen LogP contribution in [0.25, 0.3) is 0 Å². The molecule has 0 amide bonds. The van der Waals surface area contributed by atoms with E-state index in [2.05, 4.69) is 11.9 Å². The van der Waals surface area contributed by atoms with Crippen molar-refractivity contribution in [2.24, 2.45) is 0 Å². The minimum absolute atomic E-state index is 0.117. The van der Waals surface area contributed by atoms with Crippen LogP contribution in [0, 0.1) is 0 Å². The highest BCUT2D eigenvalue weighted by atomic mass is 16.4. The first-order valence-electron chi connectivity index (χ1n) is 9.61. The molecule has 1 atom stereocenters. The van der Waals surface area contributed by atoms with E-state index in [0.717, 1.165) is 12.8 Å². The Morgan fingerprint density at radius 2 is 1.58 bits per heavy atom. The molecule has 5 nitrogen and oxygen atoms in total. The van der Waals surface area contributed by atoms with Crippen LogP contribution in [-0.4, -0.2) is 21.2 Å². The number of nitrogens with zero attached hydrogens (tertiary/aromatic N) is 1. The Bertz CT molecular complexity index is 446. The van der Waals surface area contributed by atoms with Crippen molar-refractivity contribution >= 4 is 5.97 Å². The van der Waals surface area contributed by atoms with Gasteiger partial charge in [-0.15, -0.1) is 0 Å². The molecule has 3 N–H and O–H groups in total. The van der Waals surface area contributed by atoms with Crippen LogP contribution in [0.15, 0.2) is 12.4 Å². The number of aromatic amines is 1. The third-order valence-electron chi connectivity index (χ3n) is 4.50. The molecule has 0 fully saturated rings. The smallest absolute Gasteiger partial charge is 0.346 e. The Hall–Kier alpha value is -1.36. The molecule has 1 aromatic heterocycles. The number of rotatable bonds is 15. The fraction of sp³-hybridized carbons (Fsp3) is 0.789. The van der Waals surface area contributed by atoms with Gasteiger partial charge in [-0.05, 0) is 6.42 Å². The molecular weight excluding hydrogens is 304 g/mol. The standard InChI is InChI=1S/C19H34N2O3/c1-2-3-4-5-6-7-8-9-10-11-12-13-17(22)19-20-14-15-21(19)16-18(23)24/h14-15,17,22H,2-13,16H2,1H3,(H,23,24)/p+1. The first-order chi connectivity index (χ1) is 11.6. The number of hydrogen-bond donors (Lipinski definition) is 3. The third kappa shape index (κ3) is 9.06. The second-order valence-electron chi connectivity index (χ2n) is 6.71. The van der Waals surface area contributed by atoms with Crippen molar-refractivity contribution in [1.82, 2.24) is 4.98 Å². The highest BCUT2D eigenvalue weighted by molar-refractivity contribution is 5.64. The number of aliphatic hydroxyl groups is 1. The lowest BCUT2D eigenvalue weighted by molar-refractivity contribution is -0.695. The van der Waals surface area contributed by atoms with E-state index in [4.69, 9.17) is 5.11 Å². The fourth-order valence-electron chi connectivity index (χ4n) is 3.09. The number of hydrogen-bond acceptors (Lipinski definition) is 2. The zero-order valence-corrected chi connectivity index (χ0v) is 15.2. The summed E-state index contributed by atoms with van der Waals surface area (Å²) < 4.78 is 1.56. The number of carboxylic acid groups (broad SMARTS) is 1. The largest absolute Gasteiger partial charge is 0.478 e. The maximum atomic E-state index is 10.8. The number of aliphatic carboxylic acids is 1. The molecule has 24 heavy (non-hydrogen) atoms. The van der Waals surface area contributed by atoms with Crippen molar-refractivity contribution in [3.05, 3.63) is 18.2 Å². The number of aromatic nitrogens is 2. The summed E-state index contributed by atoms with van der Waals surface area (Å²) >= 11 is 0. The Morgan fingerprint density at radius 3 is 2.12 bits per heavy atom. The number of carbonyl (C=O) groups is 1. The molecule has 0 aromatic carbocycles. The third-order valence-corrected chi connectivity index (χ3v) is 4.50. The summed E-state index contributed by atoms with van der Waals surface area (Å²) in [5, 5.41) is 19.1.